The van der Waals surface area contributed by atoms with Crippen LogP contribution in [0.3, 0.4) is 0 Å². The van der Waals surface area contributed by atoms with Gasteiger partial charge in [0.1, 0.15) is 10.4 Å². The van der Waals surface area contributed by atoms with E-state index in [2.05, 4.69) is 0 Å². The third-order valence-corrected chi connectivity index (χ3v) is 3.53. The van der Waals surface area contributed by atoms with Gasteiger partial charge in [-0.15, -0.1) is 11.3 Å². The third kappa shape index (κ3) is 2.34. The molecule has 1 N–H and O–H groups in total. The lowest BCUT2D eigenvalue weighted by Gasteiger charge is -1.92. The smallest absolute Gasteiger partial charge is 0.268 e. The molecular formula is C13H10N2O2S. The van der Waals surface area contributed by atoms with Gasteiger partial charge in [0, 0.05) is 13.1 Å². The summed E-state index contributed by atoms with van der Waals surface area (Å²) in [5.74, 6) is 0.154. The summed E-state index contributed by atoms with van der Waals surface area (Å²) in [5.41, 5.74) is 0.599. The number of rotatable bonds is 1. The number of phenols is 1. The number of phenolic OH excluding ortho intramolecular Hbond substituents is 1. The van der Waals surface area contributed by atoms with Gasteiger partial charge in [0.25, 0.3) is 5.56 Å². The summed E-state index contributed by atoms with van der Waals surface area (Å²) in [7, 11) is 1.63. The van der Waals surface area contributed by atoms with Gasteiger partial charge in [0.15, 0.2) is 0 Å². The molecule has 2 rings (SSSR count). The van der Waals surface area contributed by atoms with E-state index in [1.165, 1.54) is 22.0 Å². The lowest BCUT2D eigenvalue weighted by molar-refractivity contribution is 0.475. The van der Waals surface area contributed by atoms with Crippen LogP contribution in [0.2, 0.25) is 0 Å². The first-order valence-corrected chi connectivity index (χ1v) is 6.00. The Bertz CT molecular complexity index is 794. The summed E-state index contributed by atoms with van der Waals surface area (Å²) >= 11 is 1.25. The number of thiazole rings is 1. The highest BCUT2D eigenvalue weighted by Gasteiger charge is 2.00. The van der Waals surface area contributed by atoms with Crippen LogP contribution >= 0.6 is 11.3 Å². The molecule has 0 aliphatic heterocycles. The monoisotopic (exact) mass is 258 g/mol. The van der Waals surface area contributed by atoms with Crippen LogP contribution in [0.15, 0.2) is 29.1 Å². The van der Waals surface area contributed by atoms with E-state index in [0.29, 0.717) is 9.20 Å². The van der Waals surface area contributed by atoms with Crippen LogP contribution in [0.25, 0.3) is 12.2 Å². The topological polar surface area (TPSA) is 66.0 Å². The Morgan fingerprint density at radius 1 is 1.50 bits per heavy atom. The predicted octanol–water partition coefficient (Wildman–Crippen LogP) is 0.285. The van der Waals surface area contributed by atoms with Gasteiger partial charge < -0.3 is 9.67 Å². The van der Waals surface area contributed by atoms with Gasteiger partial charge in [-0.25, -0.2) is 0 Å². The average molecular weight is 258 g/mol. The van der Waals surface area contributed by atoms with Gasteiger partial charge in [0.2, 0.25) is 0 Å². The molecule has 0 atom stereocenters. The maximum absolute atomic E-state index is 11.9. The van der Waals surface area contributed by atoms with E-state index in [1.54, 1.807) is 37.4 Å². The average Bonchev–Trinajstić information content (AvgIpc) is 2.59. The second-order valence-corrected chi connectivity index (χ2v) is 4.74. The molecule has 4 nitrogen and oxygen atoms in total. The summed E-state index contributed by atoms with van der Waals surface area (Å²) in [6, 6.07) is 8.56. The van der Waals surface area contributed by atoms with Crippen molar-refractivity contribution in [2.75, 3.05) is 0 Å². The van der Waals surface area contributed by atoms with Crippen LogP contribution in [-0.4, -0.2) is 9.67 Å². The maximum atomic E-state index is 11.9. The summed E-state index contributed by atoms with van der Waals surface area (Å²) in [5, 5.41) is 18.0. The molecule has 0 amide bonds. The number of hydrogen-bond acceptors (Lipinski definition) is 4. The van der Waals surface area contributed by atoms with E-state index in [-0.39, 0.29) is 11.3 Å². The van der Waals surface area contributed by atoms with Gasteiger partial charge in [-0.1, -0.05) is 12.1 Å². The minimum absolute atomic E-state index is 0.148. The summed E-state index contributed by atoms with van der Waals surface area (Å²) in [6.45, 7) is 0. The molecule has 0 spiro atoms. The van der Waals surface area contributed by atoms with Crippen LogP contribution in [-0.2, 0) is 7.05 Å². The summed E-state index contributed by atoms with van der Waals surface area (Å²) in [4.78, 5) is 11.9. The van der Waals surface area contributed by atoms with E-state index in [0.717, 1.165) is 5.56 Å². The molecule has 1 aromatic heterocycles. The number of nitriles is 1. The first kappa shape index (κ1) is 12.1. The van der Waals surface area contributed by atoms with E-state index in [1.807, 2.05) is 6.07 Å². The van der Waals surface area contributed by atoms with Crippen molar-refractivity contribution < 1.29 is 5.11 Å². The molecule has 2 aromatic rings. The van der Waals surface area contributed by atoms with Crippen LogP contribution in [0, 0.1) is 11.3 Å². The zero-order chi connectivity index (χ0) is 13.1. The molecule has 0 fully saturated rings. The van der Waals surface area contributed by atoms with E-state index >= 15 is 0 Å². The molecule has 0 unspecified atom stereocenters. The Morgan fingerprint density at radius 2 is 2.28 bits per heavy atom. The first-order valence-electron chi connectivity index (χ1n) is 5.18. The predicted molar refractivity (Wildman–Crippen MR) is 70.6 cm³/mol. The summed E-state index contributed by atoms with van der Waals surface area (Å²) < 4.78 is 2.57. The standard InChI is InChI=1S/C13H10N2O2S/c1-15-12(5-6-14)18-11(13(15)17)8-9-3-2-4-10(16)7-9/h2-5,7-8,16H,1H3/b11-8+,12-5-. The SMILES string of the molecule is Cn1c(=O)/c(=C\c2cccc(O)c2)s/c1=C\C#N. The fourth-order valence-corrected chi connectivity index (χ4v) is 2.50. The van der Waals surface area contributed by atoms with Gasteiger partial charge in [0.05, 0.1) is 10.6 Å². The van der Waals surface area contributed by atoms with Crippen molar-refractivity contribution in [2.24, 2.45) is 7.05 Å². The Labute approximate surface area is 107 Å². The minimum Gasteiger partial charge on any atom is -0.508 e. The molecule has 0 saturated carbocycles. The van der Waals surface area contributed by atoms with Crippen molar-refractivity contribution in [2.45, 2.75) is 0 Å². The largest absolute Gasteiger partial charge is 0.508 e. The normalized spacial score (nSPS) is 12.7. The van der Waals surface area contributed by atoms with Crippen LogP contribution in [0.4, 0.5) is 0 Å². The minimum atomic E-state index is -0.148. The highest BCUT2D eigenvalue weighted by molar-refractivity contribution is 7.07. The molecule has 90 valence electrons. The highest BCUT2D eigenvalue weighted by Crippen LogP contribution is 2.10. The molecular weight excluding hydrogens is 248 g/mol. The van der Waals surface area contributed by atoms with Crippen LogP contribution in [0.1, 0.15) is 5.56 Å². The summed E-state index contributed by atoms with van der Waals surface area (Å²) in [6.07, 6.45) is 3.04. The molecule has 1 heterocycles. The molecule has 0 saturated heterocycles. The lowest BCUT2D eigenvalue weighted by atomic mass is 10.2. The van der Waals surface area contributed by atoms with E-state index < -0.39 is 0 Å². The Morgan fingerprint density at radius 3 is 2.94 bits per heavy atom. The number of hydrogen-bond donors (Lipinski definition) is 1. The molecule has 0 radical (unpaired) electrons. The molecule has 5 heteroatoms. The maximum Gasteiger partial charge on any atom is 0.268 e. The van der Waals surface area contributed by atoms with Crippen LogP contribution in [0.5, 0.6) is 5.75 Å². The molecule has 0 aliphatic carbocycles. The Balaban J connectivity index is 2.67. The fourth-order valence-electron chi connectivity index (χ4n) is 1.53. The highest BCUT2D eigenvalue weighted by atomic mass is 32.1. The van der Waals surface area contributed by atoms with Crippen molar-refractivity contribution in [3.05, 3.63) is 49.4 Å². The van der Waals surface area contributed by atoms with Gasteiger partial charge in [-0.2, -0.15) is 5.26 Å². The van der Waals surface area contributed by atoms with Gasteiger partial charge in [-0.3, -0.25) is 4.79 Å². The molecule has 0 bridgehead atoms. The number of aromatic hydroxyl groups is 1. The van der Waals surface area contributed by atoms with Crippen molar-refractivity contribution in [1.29, 1.82) is 5.26 Å². The quantitative estimate of drug-likeness (QED) is 0.799. The third-order valence-electron chi connectivity index (χ3n) is 2.42. The first-order chi connectivity index (χ1) is 8.61. The van der Waals surface area contributed by atoms with Crippen LogP contribution < -0.4 is 14.8 Å². The second-order valence-electron chi connectivity index (χ2n) is 3.68. The molecule has 1 aromatic carbocycles. The number of nitrogens with zero attached hydrogens (tertiary/aromatic N) is 2. The zero-order valence-corrected chi connectivity index (χ0v) is 10.4. The number of benzene rings is 1. The van der Waals surface area contributed by atoms with E-state index in [4.69, 9.17) is 5.26 Å². The van der Waals surface area contributed by atoms with Crippen molar-refractivity contribution >= 4 is 23.5 Å². The van der Waals surface area contributed by atoms with Crippen molar-refractivity contribution in [3.63, 3.8) is 0 Å². The van der Waals surface area contributed by atoms with Gasteiger partial charge in [-0.05, 0) is 23.8 Å². The van der Waals surface area contributed by atoms with Crippen molar-refractivity contribution in [1.82, 2.24) is 4.57 Å². The zero-order valence-electron chi connectivity index (χ0n) is 9.62. The number of aromatic nitrogens is 1. The van der Waals surface area contributed by atoms with Gasteiger partial charge >= 0.3 is 0 Å². The second kappa shape index (κ2) is 4.90. The van der Waals surface area contributed by atoms with Crippen molar-refractivity contribution in [3.8, 4) is 11.8 Å². The lowest BCUT2D eigenvalue weighted by Crippen LogP contribution is -2.28. The Hall–Kier alpha value is -2.32. The fraction of sp³-hybridized carbons (Fsp3) is 0.0769. The molecule has 0 aliphatic rings. The molecule has 18 heavy (non-hydrogen) atoms. The van der Waals surface area contributed by atoms with E-state index in [9.17, 15) is 9.90 Å². The Kier molecular flexibility index (Phi) is 3.31.